The lowest BCUT2D eigenvalue weighted by molar-refractivity contribution is 0.493. The van der Waals surface area contributed by atoms with Crippen LogP contribution in [-0.4, -0.2) is 0 Å². The van der Waals surface area contributed by atoms with E-state index >= 15 is 0 Å². The Morgan fingerprint density at radius 2 is 1.00 bits per heavy atom. The molecular formula is C40H27NO. The number of fused-ring (bicyclic) bond motifs is 7. The smallest absolute Gasteiger partial charge is 0.145 e. The van der Waals surface area contributed by atoms with Crippen LogP contribution in [0.5, 0.6) is 11.5 Å². The van der Waals surface area contributed by atoms with Crippen LogP contribution in [0.4, 0.5) is 17.1 Å². The number of rotatable bonds is 4. The van der Waals surface area contributed by atoms with Crippen molar-refractivity contribution in [3.8, 4) is 44.9 Å². The lowest BCUT2D eigenvalue weighted by atomic mass is 9.91. The van der Waals surface area contributed by atoms with E-state index in [0.717, 1.165) is 61.6 Å². The Bertz CT molecular complexity index is 2050. The minimum atomic E-state index is 0.865. The van der Waals surface area contributed by atoms with Crippen LogP contribution in [0.3, 0.4) is 0 Å². The molecule has 1 heterocycles. The molecular weight excluding hydrogens is 510 g/mol. The van der Waals surface area contributed by atoms with Gasteiger partial charge < -0.3 is 9.64 Å². The van der Waals surface area contributed by atoms with Gasteiger partial charge in [-0.1, -0.05) is 127 Å². The summed E-state index contributed by atoms with van der Waals surface area (Å²) in [4.78, 5) is 2.36. The molecule has 0 N–H and O–H groups in total. The number of ether oxygens (including phenoxy) is 1. The fourth-order valence-electron chi connectivity index (χ4n) is 6.10. The molecule has 198 valence electrons. The van der Waals surface area contributed by atoms with Gasteiger partial charge in [0, 0.05) is 27.9 Å². The fraction of sp³-hybridized carbons (Fsp3) is 0. The quantitative estimate of drug-likeness (QED) is 0.221. The summed E-state index contributed by atoms with van der Waals surface area (Å²) in [7, 11) is 0. The van der Waals surface area contributed by atoms with Gasteiger partial charge in [0.05, 0.1) is 5.69 Å². The van der Waals surface area contributed by atoms with Crippen molar-refractivity contribution in [3.63, 3.8) is 0 Å². The van der Waals surface area contributed by atoms with Crippen LogP contribution in [0, 0.1) is 0 Å². The van der Waals surface area contributed by atoms with Gasteiger partial charge in [0.15, 0.2) is 0 Å². The summed E-state index contributed by atoms with van der Waals surface area (Å²) >= 11 is 0. The number of para-hydroxylation sites is 2. The minimum absolute atomic E-state index is 0.865. The van der Waals surface area contributed by atoms with Gasteiger partial charge in [0.2, 0.25) is 0 Å². The first-order valence-electron chi connectivity index (χ1n) is 14.3. The molecule has 0 unspecified atom stereocenters. The lowest BCUT2D eigenvalue weighted by Crippen LogP contribution is -2.11. The monoisotopic (exact) mass is 537 g/mol. The molecule has 0 atom stereocenters. The van der Waals surface area contributed by atoms with E-state index in [4.69, 9.17) is 4.74 Å². The van der Waals surface area contributed by atoms with Gasteiger partial charge in [-0.05, 0) is 64.0 Å². The van der Waals surface area contributed by atoms with E-state index in [2.05, 4.69) is 163 Å². The lowest BCUT2D eigenvalue weighted by Gasteiger charge is -2.29. The molecule has 0 spiro atoms. The summed E-state index contributed by atoms with van der Waals surface area (Å²) in [6.45, 7) is 0. The molecule has 0 saturated heterocycles. The molecule has 1 aliphatic heterocycles. The standard InChI is InChI=1S/C40H27NO/c1-3-13-28(14-4-1)29-23-25-32(26-24-29)41(31-16-5-2-6-17-31)37-27-30-15-7-8-18-33(30)40-39(37)36-21-10-9-19-34(36)35-20-11-12-22-38(35)42-40/h1-27H. The van der Waals surface area contributed by atoms with E-state index < -0.39 is 0 Å². The van der Waals surface area contributed by atoms with Crippen LogP contribution < -0.4 is 9.64 Å². The average Bonchev–Trinajstić information content (AvgIpc) is 3.21. The predicted molar refractivity (Wildman–Crippen MR) is 175 cm³/mol. The second-order valence-electron chi connectivity index (χ2n) is 10.5. The van der Waals surface area contributed by atoms with Crippen LogP contribution in [0.25, 0.3) is 44.2 Å². The Balaban J connectivity index is 1.43. The summed E-state index contributed by atoms with van der Waals surface area (Å²) < 4.78 is 6.91. The van der Waals surface area contributed by atoms with Crippen LogP contribution >= 0.6 is 0 Å². The SMILES string of the molecule is c1ccc(-c2ccc(N(c3ccccc3)c3cc4ccccc4c4c3-c3ccccc3-c3ccccc3O4)cc2)cc1. The van der Waals surface area contributed by atoms with Gasteiger partial charge in [-0.25, -0.2) is 0 Å². The number of hydrogen-bond acceptors (Lipinski definition) is 2. The Morgan fingerprint density at radius 3 is 1.79 bits per heavy atom. The minimum Gasteiger partial charge on any atom is -0.455 e. The highest BCUT2D eigenvalue weighted by Gasteiger charge is 2.28. The zero-order valence-electron chi connectivity index (χ0n) is 22.9. The normalized spacial score (nSPS) is 11.5. The molecule has 0 amide bonds. The van der Waals surface area contributed by atoms with Crippen molar-refractivity contribution in [2.24, 2.45) is 0 Å². The second kappa shape index (κ2) is 10.1. The highest BCUT2D eigenvalue weighted by atomic mass is 16.5. The van der Waals surface area contributed by atoms with Gasteiger partial charge in [-0.3, -0.25) is 0 Å². The molecule has 0 saturated carbocycles. The summed E-state index contributed by atoms with van der Waals surface area (Å²) in [6.07, 6.45) is 0. The zero-order valence-corrected chi connectivity index (χ0v) is 22.9. The molecule has 0 aliphatic carbocycles. The molecule has 0 bridgehead atoms. The zero-order chi connectivity index (χ0) is 27.9. The van der Waals surface area contributed by atoms with Crippen molar-refractivity contribution in [1.82, 2.24) is 0 Å². The molecule has 7 aromatic rings. The number of anilines is 3. The molecule has 0 fully saturated rings. The largest absolute Gasteiger partial charge is 0.455 e. The maximum atomic E-state index is 6.91. The number of benzene rings is 7. The van der Waals surface area contributed by atoms with Gasteiger partial charge in [0.25, 0.3) is 0 Å². The fourth-order valence-corrected chi connectivity index (χ4v) is 6.10. The van der Waals surface area contributed by atoms with Crippen molar-refractivity contribution in [3.05, 3.63) is 164 Å². The Morgan fingerprint density at radius 1 is 0.429 bits per heavy atom. The second-order valence-corrected chi connectivity index (χ2v) is 10.5. The first-order chi connectivity index (χ1) is 20.8. The van der Waals surface area contributed by atoms with E-state index in [9.17, 15) is 0 Å². The summed E-state index contributed by atoms with van der Waals surface area (Å²) in [5, 5.41) is 2.22. The molecule has 7 aromatic carbocycles. The molecule has 1 aliphatic rings. The van der Waals surface area contributed by atoms with Crippen LogP contribution in [0.15, 0.2) is 164 Å². The molecule has 2 nitrogen and oxygen atoms in total. The molecule has 42 heavy (non-hydrogen) atoms. The molecule has 0 aromatic heterocycles. The van der Waals surface area contributed by atoms with Crippen molar-refractivity contribution < 1.29 is 4.74 Å². The topological polar surface area (TPSA) is 12.5 Å². The van der Waals surface area contributed by atoms with Crippen LogP contribution in [0.2, 0.25) is 0 Å². The third kappa shape index (κ3) is 4.05. The van der Waals surface area contributed by atoms with Crippen molar-refractivity contribution >= 4 is 27.8 Å². The van der Waals surface area contributed by atoms with Crippen LogP contribution in [-0.2, 0) is 0 Å². The maximum absolute atomic E-state index is 6.91. The number of hydrogen-bond donors (Lipinski definition) is 0. The first-order valence-corrected chi connectivity index (χ1v) is 14.3. The van der Waals surface area contributed by atoms with Gasteiger partial charge in [0.1, 0.15) is 11.5 Å². The van der Waals surface area contributed by atoms with E-state index in [1.54, 1.807) is 0 Å². The van der Waals surface area contributed by atoms with Crippen molar-refractivity contribution in [2.75, 3.05) is 4.90 Å². The third-order valence-electron chi connectivity index (χ3n) is 8.05. The molecule has 8 rings (SSSR count). The number of nitrogens with zero attached hydrogens (tertiary/aromatic N) is 1. The maximum Gasteiger partial charge on any atom is 0.145 e. The van der Waals surface area contributed by atoms with Gasteiger partial charge in [-0.2, -0.15) is 0 Å². The first kappa shape index (κ1) is 24.2. The van der Waals surface area contributed by atoms with E-state index in [1.165, 1.54) is 11.1 Å². The highest BCUT2D eigenvalue weighted by Crippen LogP contribution is 2.54. The highest BCUT2D eigenvalue weighted by molar-refractivity contribution is 6.07. The Hall–Kier alpha value is -5.60. The van der Waals surface area contributed by atoms with E-state index in [-0.39, 0.29) is 0 Å². The Labute approximate surface area is 245 Å². The average molecular weight is 538 g/mol. The van der Waals surface area contributed by atoms with E-state index in [0.29, 0.717) is 0 Å². The van der Waals surface area contributed by atoms with Crippen molar-refractivity contribution in [2.45, 2.75) is 0 Å². The predicted octanol–water partition coefficient (Wildman–Crippen LogP) is 11.4. The van der Waals surface area contributed by atoms with E-state index in [1.807, 2.05) is 6.07 Å². The Kier molecular flexibility index (Phi) is 5.82. The summed E-state index contributed by atoms with van der Waals surface area (Å²) in [5.74, 6) is 1.74. The molecule has 2 heteroatoms. The summed E-state index contributed by atoms with van der Waals surface area (Å²) in [6, 6.07) is 57.8. The molecule has 0 radical (unpaired) electrons. The van der Waals surface area contributed by atoms with Crippen LogP contribution in [0.1, 0.15) is 0 Å². The third-order valence-corrected chi connectivity index (χ3v) is 8.05. The summed E-state index contributed by atoms with van der Waals surface area (Å²) in [5.41, 5.74) is 10.1. The van der Waals surface area contributed by atoms with Gasteiger partial charge >= 0.3 is 0 Å². The van der Waals surface area contributed by atoms with Crippen molar-refractivity contribution in [1.29, 1.82) is 0 Å². The van der Waals surface area contributed by atoms with Gasteiger partial charge in [-0.15, -0.1) is 0 Å².